The van der Waals surface area contributed by atoms with E-state index >= 15 is 0 Å². The molecule has 0 saturated carbocycles. The van der Waals surface area contributed by atoms with E-state index in [4.69, 9.17) is 0 Å². The van der Waals surface area contributed by atoms with Gasteiger partial charge >= 0.3 is 0 Å². The number of halogens is 1. The Morgan fingerprint density at radius 2 is 2.06 bits per heavy atom. The summed E-state index contributed by atoms with van der Waals surface area (Å²) < 4.78 is 0. The monoisotopic (exact) mass is 278 g/mol. The Hall–Kier alpha value is -0.300. The Balaban J connectivity index is 2.25. The molecule has 0 amide bonds. The van der Waals surface area contributed by atoms with E-state index in [0.717, 1.165) is 11.8 Å². The molecule has 0 fully saturated rings. The van der Waals surface area contributed by atoms with Gasteiger partial charge in [0.15, 0.2) is 0 Å². The Morgan fingerprint density at radius 3 is 2.81 bits per heavy atom. The third-order valence-electron chi connectivity index (χ3n) is 4.71. The summed E-state index contributed by atoms with van der Waals surface area (Å²) in [6.45, 7) is 7.18. The number of hydrogen-bond acceptors (Lipinski definition) is 0. The van der Waals surface area contributed by atoms with Crippen LogP contribution in [0.5, 0.6) is 0 Å². The molecule has 2 aliphatic carbocycles. The number of hydrogen-bond donors (Lipinski definition) is 0. The van der Waals surface area contributed by atoms with E-state index in [9.17, 15) is 0 Å². The highest BCUT2D eigenvalue weighted by Crippen LogP contribution is 2.57. The molecule has 3 rings (SSSR count). The molecular weight excluding hydrogens is 260 g/mol. The van der Waals surface area contributed by atoms with Gasteiger partial charge in [-0.15, -0.1) is 0 Å². The lowest BCUT2D eigenvalue weighted by Gasteiger charge is -2.36. The van der Waals surface area contributed by atoms with E-state index in [2.05, 4.69) is 54.9 Å². The van der Waals surface area contributed by atoms with Crippen molar-refractivity contribution in [3.63, 3.8) is 0 Å². The molecule has 0 bridgehead atoms. The van der Waals surface area contributed by atoms with E-state index in [1.165, 1.54) is 12.8 Å². The standard InChI is InChI=1S/C15H19Br/c1-9-10-7-8-15(2,3)12-6-4-5-11(13(10)12)14(9)16/h4-6,9-10,14H,7-8H2,1-3H3. The zero-order valence-electron chi connectivity index (χ0n) is 10.3. The molecule has 0 heterocycles. The van der Waals surface area contributed by atoms with E-state index in [-0.39, 0.29) is 0 Å². The van der Waals surface area contributed by atoms with Crippen molar-refractivity contribution in [1.29, 1.82) is 0 Å². The second kappa shape index (κ2) is 3.35. The smallest absolute Gasteiger partial charge is 0.0429 e. The molecule has 0 radical (unpaired) electrons. The molecular formula is C15H19Br. The second-order valence-electron chi connectivity index (χ2n) is 6.10. The van der Waals surface area contributed by atoms with Crippen molar-refractivity contribution in [2.75, 3.05) is 0 Å². The van der Waals surface area contributed by atoms with Gasteiger partial charge in [-0.25, -0.2) is 0 Å². The molecule has 0 spiro atoms. The highest BCUT2D eigenvalue weighted by molar-refractivity contribution is 9.09. The van der Waals surface area contributed by atoms with Crippen LogP contribution in [-0.2, 0) is 5.41 Å². The summed E-state index contributed by atoms with van der Waals surface area (Å²) in [7, 11) is 0. The van der Waals surface area contributed by atoms with Crippen LogP contribution in [0.3, 0.4) is 0 Å². The fourth-order valence-electron chi connectivity index (χ4n) is 3.64. The third-order valence-corrected chi connectivity index (χ3v) is 6.04. The van der Waals surface area contributed by atoms with Gasteiger partial charge in [-0.1, -0.05) is 54.9 Å². The normalized spacial score (nSPS) is 34.9. The first-order valence-electron chi connectivity index (χ1n) is 6.30. The van der Waals surface area contributed by atoms with Crippen LogP contribution < -0.4 is 0 Å². The van der Waals surface area contributed by atoms with E-state index in [1.54, 1.807) is 16.7 Å². The Labute approximate surface area is 107 Å². The van der Waals surface area contributed by atoms with E-state index < -0.39 is 0 Å². The van der Waals surface area contributed by atoms with Crippen molar-refractivity contribution in [3.8, 4) is 0 Å². The number of rotatable bonds is 0. The van der Waals surface area contributed by atoms with Gasteiger partial charge in [0, 0.05) is 4.83 Å². The Kier molecular flexibility index (Phi) is 2.27. The van der Waals surface area contributed by atoms with Crippen molar-refractivity contribution in [3.05, 3.63) is 34.9 Å². The van der Waals surface area contributed by atoms with Gasteiger partial charge in [0.2, 0.25) is 0 Å². The highest BCUT2D eigenvalue weighted by atomic mass is 79.9. The maximum Gasteiger partial charge on any atom is 0.0429 e. The summed E-state index contributed by atoms with van der Waals surface area (Å²) in [5.41, 5.74) is 5.21. The first-order chi connectivity index (χ1) is 7.52. The quantitative estimate of drug-likeness (QED) is 0.591. The number of alkyl halides is 1. The number of benzene rings is 1. The molecule has 86 valence electrons. The maximum absolute atomic E-state index is 3.88. The van der Waals surface area contributed by atoms with Crippen LogP contribution in [0.2, 0.25) is 0 Å². The van der Waals surface area contributed by atoms with Crippen LogP contribution in [0.1, 0.15) is 61.0 Å². The molecule has 1 heteroatoms. The lowest BCUT2D eigenvalue weighted by atomic mass is 9.68. The van der Waals surface area contributed by atoms with Crippen LogP contribution in [0.15, 0.2) is 18.2 Å². The van der Waals surface area contributed by atoms with Crippen molar-refractivity contribution in [2.45, 2.75) is 49.8 Å². The summed E-state index contributed by atoms with van der Waals surface area (Å²) in [6.07, 6.45) is 2.69. The van der Waals surface area contributed by atoms with Crippen LogP contribution in [0.4, 0.5) is 0 Å². The zero-order valence-corrected chi connectivity index (χ0v) is 11.8. The van der Waals surface area contributed by atoms with Gasteiger partial charge in [-0.2, -0.15) is 0 Å². The molecule has 3 atom stereocenters. The van der Waals surface area contributed by atoms with Crippen molar-refractivity contribution in [2.24, 2.45) is 5.92 Å². The molecule has 16 heavy (non-hydrogen) atoms. The topological polar surface area (TPSA) is 0 Å². The van der Waals surface area contributed by atoms with E-state index in [0.29, 0.717) is 10.2 Å². The minimum Gasteiger partial charge on any atom is -0.0836 e. The summed E-state index contributed by atoms with van der Waals surface area (Å²) in [4.78, 5) is 0.571. The second-order valence-corrected chi connectivity index (χ2v) is 7.08. The van der Waals surface area contributed by atoms with Gasteiger partial charge in [0.25, 0.3) is 0 Å². The van der Waals surface area contributed by atoms with Crippen LogP contribution in [0.25, 0.3) is 0 Å². The van der Waals surface area contributed by atoms with Gasteiger partial charge < -0.3 is 0 Å². The molecule has 0 N–H and O–H groups in total. The largest absolute Gasteiger partial charge is 0.0836 e. The average Bonchev–Trinajstić information content (AvgIpc) is 2.49. The third kappa shape index (κ3) is 1.27. The molecule has 2 aliphatic rings. The molecule has 0 nitrogen and oxygen atoms in total. The lowest BCUT2D eigenvalue weighted by molar-refractivity contribution is 0.354. The SMILES string of the molecule is CC1C(Br)c2cccc3c2C1CCC3(C)C. The van der Waals surface area contributed by atoms with Gasteiger partial charge in [0.1, 0.15) is 0 Å². The maximum atomic E-state index is 3.88. The lowest BCUT2D eigenvalue weighted by Crippen LogP contribution is -2.26. The predicted molar refractivity (Wildman–Crippen MR) is 72.3 cm³/mol. The Morgan fingerprint density at radius 1 is 1.31 bits per heavy atom. The molecule has 0 saturated heterocycles. The molecule has 0 aliphatic heterocycles. The average molecular weight is 279 g/mol. The minimum absolute atomic E-state index is 0.374. The fraction of sp³-hybridized carbons (Fsp3) is 0.600. The summed E-state index contributed by atoms with van der Waals surface area (Å²) in [5, 5.41) is 0. The minimum atomic E-state index is 0.374. The molecule has 1 aromatic carbocycles. The van der Waals surface area contributed by atoms with Crippen molar-refractivity contribution >= 4 is 15.9 Å². The fourth-order valence-corrected chi connectivity index (χ4v) is 4.40. The van der Waals surface area contributed by atoms with Gasteiger partial charge in [0.05, 0.1) is 0 Å². The molecule has 1 aromatic rings. The van der Waals surface area contributed by atoms with Crippen LogP contribution in [0, 0.1) is 5.92 Å². The predicted octanol–water partition coefficient (Wildman–Crippen LogP) is 4.93. The van der Waals surface area contributed by atoms with Crippen LogP contribution in [-0.4, -0.2) is 0 Å². The zero-order chi connectivity index (χ0) is 11.5. The first-order valence-corrected chi connectivity index (χ1v) is 7.21. The summed E-state index contributed by atoms with van der Waals surface area (Å²) in [6, 6.07) is 6.91. The highest BCUT2D eigenvalue weighted by Gasteiger charge is 2.43. The van der Waals surface area contributed by atoms with E-state index in [1.807, 2.05) is 0 Å². The summed E-state index contributed by atoms with van der Waals surface area (Å²) >= 11 is 3.88. The van der Waals surface area contributed by atoms with Crippen molar-refractivity contribution in [1.82, 2.24) is 0 Å². The molecule has 3 unspecified atom stereocenters. The van der Waals surface area contributed by atoms with Gasteiger partial charge in [-0.3, -0.25) is 0 Å². The first kappa shape index (κ1) is 10.8. The van der Waals surface area contributed by atoms with Crippen LogP contribution >= 0.6 is 15.9 Å². The Bertz CT molecular complexity index is 433. The van der Waals surface area contributed by atoms with Crippen molar-refractivity contribution < 1.29 is 0 Å². The van der Waals surface area contributed by atoms with Gasteiger partial charge in [-0.05, 0) is 46.8 Å². The molecule has 0 aromatic heterocycles. The summed E-state index contributed by atoms with van der Waals surface area (Å²) in [5.74, 6) is 1.55.